The molecule has 0 aromatic rings. The molecule has 2 aliphatic carbocycles. The zero-order valence-corrected chi connectivity index (χ0v) is 12.2. The second-order valence-corrected chi connectivity index (χ2v) is 7.68. The summed E-state index contributed by atoms with van der Waals surface area (Å²) >= 11 is -0.869. The van der Waals surface area contributed by atoms with Crippen LogP contribution in [0, 0.1) is 0 Å². The van der Waals surface area contributed by atoms with E-state index in [4.69, 9.17) is 8.51 Å². The molecule has 2 rings (SSSR count). The molecular formula is C13H15ClZr. The topological polar surface area (TPSA) is 0 Å². The molecule has 0 spiro atoms. The Kier molecular flexibility index (Phi) is 3.85. The zero-order valence-electron chi connectivity index (χ0n) is 8.96. The quantitative estimate of drug-likeness (QED) is 0.713. The van der Waals surface area contributed by atoms with Gasteiger partial charge in [-0.15, -0.1) is 0 Å². The van der Waals surface area contributed by atoms with Gasteiger partial charge in [-0.2, -0.15) is 0 Å². The van der Waals surface area contributed by atoms with Gasteiger partial charge in [0, 0.05) is 0 Å². The molecule has 0 N–H and O–H groups in total. The Morgan fingerprint density at radius 2 is 1.73 bits per heavy atom. The van der Waals surface area contributed by atoms with E-state index in [-0.39, 0.29) is 3.12 Å². The number of hydrogen-bond acceptors (Lipinski definition) is 0. The molecule has 2 aliphatic rings. The van der Waals surface area contributed by atoms with Gasteiger partial charge in [0.25, 0.3) is 0 Å². The summed E-state index contributed by atoms with van der Waals surface area (Å²) in [5.41, 5.74) is 3.11. The van der Waals surface area contributed by atoms with Crippen LogP contribution in [0.2, 0.25) is 3.12 Å². The summed E-state index contributed by atoms with van der Waals surface area (Å²) < 4.78 is 0.276. The summed E-state index contributed by atoms with van der Waals surface area (Å²) in [5, 5.41) is 0. The van der Waals surface area contributed by atoms with Crippen LogP contribution in [0.4, 0.5) is 0 Å². The summed E-state index contributed by atoms with van der Waals surface area (Å²) in [6, 6.07) is 0. The number of hydrogen-bond donors (Lipinski definition) is 0. The number of rotatable bonds is 4. The third kappa shape index (κ3) is 2.02. The summed E-state index contributed by atoms with van der Waals surface area (Å²) in [6.45, 7) is 2.28. The standard InChI is InChI=1S/C13H15.ClH.Zr/c1-2-13(11-7-3-4-8-11)12-9-5-6-10-12;;/h3-7,9H,2,8,10H2,1H3;1H;/q;;+1/p-1. The van der Waals surface area contributed by atoms with Gasteiger partial charge in [0.15, 0.2) is 0 Å². The van der Waals surface area contributed by atoms with Gasteiger partial charge in [-0.25, -0.2) is 0 Å². The predicted octanol–water partition coefficient (Wildman–Crippen LogP) is 4.56. The van der Waals surface area contributed by atoms with E-state index in [1.807, 2.05) is 0 Å². The van der Waals surface area contributed by atoms with Gasteiger partial charge < -0.3 is 0 Å². The van der Waals surface area contributed by atoms with Crippen LogP contribution >= 0.6 is 8.51 Å². The number of halogens is 1. The van der Waals surface area contributed by atoms with Crippen molar-refractivity contribution in [2.24, 2.45) is 0 Å². The summed E-state index contributed by atoms with van der Waals surface area (Å²) in [6.07, 6.45) is 16.8. The monoisotopic (exact) mass is 296 g/mol. The molecule has 0 aromatic heterocycles. The minimum atomic E-state index is -0.869. The molecule has 0 nitrogen and oxygen atoms in total. The third-order valence-corrected chi connectivity index (χ3v) is 8.48. The van der Waals surface area contributed by atoms with Crippen molar-refractivity contribution in [3.8, 4) is 0 Å². The molecule has 15 heavy (non-hydrogen) atoms. The van der Waals surface area contributed by atoms with Crippen LogP contribution in [0.15, 0.2) is 47.6 Å². The molecule has 0 aliphatic heterocycles. The average Bonchev–Trinajstić information content (AvgIpc) is 2.92. The molecule has 0 unspecified atom stereocenters. The first-order valence-electron chi connectivity index (χ1n) is 5.43. The van der Waals surface area contributed by atoms with E-state index in [2.05, 4.69) is 43.4 Å². The van der Waals surface area contributed by atoms with Crippen LogP contribution in [0.3, 0.4) is 0 Å². The third-order valence-electron chi connectivity index (χ3n) is 3.33. The van der Waals surface area contributed by atoms with Crippen molar-refractivity contribution in [3.05, 3.63) is 47.6 Å². The Morgan fingerprint density at radius 1 is 1.20 bits per heavy atom. The fraction of sp³-hybridized carbons (Fsp3) is 0.385. The molecular weight excluding hydrogens is 283 g/mol. The number of allylic oxidation sites excluding steroid dienone is 8. The Labute approximate surface area is 107 Å². The van der Waals surface area contributed by atoms with Crippen molar-refractivity contribution in [2.75, 3.05) is 0 Å². The molecule has 2 heteroatoms. The molecule has 0 amide bonds. The molecule has 0 bridgehead atoms. The van der Waals surface area contributed by atoms with Gasteiger partial charge in [0.1, 0.15) is 0 Å². The van der Waals surface area contributed by atoms with Gasteiger partial charge in [0.2, 0.25) is 0 Å². The SMILES string of the molecule is CC[C]([Zr][Cl])(C1=CC=CC1)C1=CC=CC1. The maximum atomic E-state index is 6.42. The molecule has 0 atom stereocenters. The molecule has 0 aromatic carbocycles. The first kappa shape index (κ1) is 11.6. The van der Waals surface area contributed by atoms with Gasteiger partial charge in [-0.05, 0) is 0 Å². The maximum absolute atomic E-state index is 6.42. The van der Waals surface area contributed by atoms with Crippen molar-refractivity contribution in [1.82, 2.24) is 0 Å². The van der Waals surface area contributed by atoms with E-state index in [1.165, 1.54) is 6.42 Å². The zero-order chi connectivity index (χ0) is 10.7. The molecule has 0 saturated carbocycles. The van der Waals surface area contributed by atoms with Gasteiger partial charge >= 0.3 is 107 Å². The van der Waals surface area contributed by atoms with Crippen molar-refractivity contribution in [2.45, 2.75) is 29.3 Å². The first-order chi connectivity index (χ1) is 7.33. The van der Waals surface area contributed by atoms with E-state index < -0.39 is 22.0 Å². The van der Waals surface area contributed by atoms with Crippen LogP contribution in [-0.4, -0.2) is 0 Å². The van der Waals surface area contributed by atoms with E-state index in [1.54, 1.807) is 11.1 Å². The van der Waals surface area contributed by atoms with Crippen molar-refractivity contribution < 1.29 is 22.0 Å². The van der Waals surface area contributed by atoms with Gasteiger partial charge in [0.05, 0.1) is 0 Å². The molecule has 0 radical (unpaired) electrons. The van der Waals surface area contributed by atoms with Crippen LogP contribution < -0.4 is 0 Å². The van der Waals surface area contributed by atoms with Crippen LogP contribution in [0.25, 0.3) is 0 Å². The van der Waals surface area contributed by atoms with Gasteiger partial charge in [-0.3, -0.25) is 0 Å². The Hall–Kier alpha value is 0.133. The van der Waals surface area contributed by atoms with Crippen LogP contribution in [0.5, 0.6) is 0 Å². The normalized spacial score (nSPS) is 19.3. The van der Waals surface area contributed by atoms with Crippen molar-refractivity contribution in [1.29, 1.82) is 0 Å². The van der Waals surface area contributed by atoms with E-state index in [0.29, 0.717) is 0 Å². The predicted molar refractivity (Wildman–Crippen MR) is 62.5 cm³/mol. The average molecular weight is 298 g/mol. The van der Waals surface area contributed by atoms with E-state index in [0.717, 1.165) is 12.8 Å². The van der Waals surface area contributed by atoms with Crippen LogP contribution in [0.1, 0.15) is 26.2 Å². The van der Waals surface area contributed by atoms with E-state index >= 15 is 0 Å². The Morgan fingerprint density at radius 3 is 2.00 bits per heavy atom. The minimum absolute atomic E-state index is 0.276. The Bertz CT molecular complexity index is 325. The molecule has 0 fully saturated rings. The summed E-state index contributed by atoms with van der Waals surface area (Å²) in [5.74, 6) is 0. The molecule has 78 valence electrons. The molecule has 0 saturated heterocycles. The summed E-state index contributed by atoms with van der Waals surface area (Å²) in [4.78, 5) is 0. The molecule has 0 heterocycles. The van der Waals surface area contributed by atoms with Crippen molar-refractivity contribution >= 4 is 8.51 Å². The first-order valence-corrected chi connectivity index (χ1v) is 9.83. The van der Waals surface area contributed by atoms with Gasteiger partial charge in [-0.1, -0.05) is 0 Å². The fourth-order valence-corrected chi connectivity index (χ4v) is 6.44. The Balaban J connectivity index is 2.31. The second kappa shape index (κ2) is 4.98. The van der Waals surface area contributed by atoms with E-state index in [9.17, 15) is 0 Å². The summed E-state index contributed by atoms with van der Waals surface area (Å²) in [7, 11) is 6.42. The van der Waals surface area contributed by atoms with Crippen LogP contribution in [-0.2, 0) is 22.0 Å². The fourth-order valence-electron chi connectivity index (χ4n) is 2.38. The van der Waals surface area contributed by atoms with Crippen molar-refractivity contribution in [3.63, 3.8) is 0 Å². The second-order valence-electron chi connectivity index (χ2n) is 4.00.